The molecule has 0 saturated heterocycles. The number of rotatable bonds is 13. The molecule has 0 fully saturated rings. The zero-order chi connectivity index (χ0) is 25.2. The highest BCUT2D eigenvalue weighted by atomic mass is 16.5. The quantitative estimate of drug-likeness (QED) is 0.270. The summed E-state index contributed by atoms with van der Waals surface area (Å²) in [5.74, 6) is 1.37. The summed E-state index contributed by atoms with van der Waals surface area (Å²) in [6, 6.07) is 7.36. The predicted molar refractivity (Wildman–Crippen MR) is 138 cm³/mol. The van der Waals surface area contributed by atoms with Crippen molar-refractivity contribution in [2.75, 3.05) is 44.0 Å². The fourth-order valence-electron chi connectivity index (χ4n) is 3.58. The number of hydrogen-bond donors (Lipinski definition) is 2. The van der Waals surface area contributed by atoms with Crippen LogP contribution in [0.25, 0.3) is 22.3 Å². The van der Waals surface area contributed by atoms with Gasteiger partial charge in [-0.2, -0.15) is 0 Å². The van der Waals surface area contributed by atoms with Crippen LogP contribution in [-0.4, -0.2) is 62.9 Å². The van der Waals surface area contributed by atoms with Gasteiger partial charge in [0.2, 0.25) is 11.8 Å². The molecule has 4 aromatic heterocycles. The van der Waals surface area contributed by atoms with Crippen LogP contribution in [-0.2, 0) is 11.3 Å². The molecule has 0 unspecified atom stereocenters. The molecule has 0 spiro atoms. The normalized spacial score (nSPS) is 10.9. The summed E-state index contributed by atoms with van der Waals surface area (Å²) >= 11 is 0. The van der Waals surface area contributed by atoms with E-state index in [1.54, 1.807) is 48.6 Å². The van der Waals surface area contributed by atoms with Crippen LogP contribution >= 0.6 is 0 Å². The molecule has 11 heteroatoms. The highest BCUT2D eigenvalue weighted by Gasteiger charge is 2.13. The Bertz CT molecular complexity index is 1310. The number of nitrogens with zero attached hydrogens (tertiary/aromatic N) is 6. The standard InChI is InChI=1S/C25H30N8O3/c1-3-13-36-14-12-33-20-15-19(18-6-7-21(35-2)30-16-18)17-31-22(20)32-23(24(33)34)26-8-4-9-27-25-28-10-5-11-29-25/h5-7,10-11,15-17H,3-4,8-9,12-14H2,1-2H3,(H,26,31,32)(H,27,28,29). The summed E-state index contributed by atoms with van der Waals surface area (Å²) in [6.07, 6.45) is 8.47. The molecular weight excluding hydrogens is 460 g/mol. The lowest BCUT2D eigenvalue weighted by molar-refractivity contribution is 0.127. The molecule has 0 atom stereocenters. The Morgan fingerprint density at radius 1 is 0.972 bits per heavy atom. The van der Waals surface area contributed by atoms with Crippen molar-refractivity contribution in [3.63, 3.8) is 0 Å². The zero-order valence-electron chi connectivity index (χ0n) is 20.5. The molecular formula is C25H30N8O3. The molecule has 2 N–H and O–H groups in total. The summed E-state index contributed by atoms with van der Waals surface area (Å²) in [7, 11) is 1.57. The zero-order valence-corrected chi connectivity index (χ0v) is 20.5. The first kappa shape index (κ1) is 25.0. The third-order valence-electron chi connectivity index (χ3n) is 5.38. The van der Waals surface area contributed by atoms with Crippen LogP contribution in [0.3, 0.4) is 0 Å². The average Bonchev–Trinajstić information content (AvgIpc) is 2.92. The number of nitrogens with one attached hydrogen (secondary N) is 2. The number of fused-ring (bicyclic) bond motifs is 1. The molecule has 0 amide bonds. The van der Waals surface area contributed by atoms with Crippen molar-refractivity contribution in [1.29, 1.82) is 0 Å². The Morgan fingerprint density at radius 3 is 2.53 bits per heavy atom. The van der Waals surface area contributed by atoms with Gasteiger partial charge in [0, 0.05) is 68.2 Å². The first-order valence-corrected chi connectivity index (χ1v) is 11.9. The van der Waals surface area contributed by atoms with Crippen molar-refractivity contribution in [2.45, 2.75) is 26.3 Å². The molecule has 0 aromatic carbocycles. The topological polar surface area (TPSA) is 129 Å². The van der Waals surface area contributed by atoms with E-state index >= 15 is 0 Å². The highest BCUT2D eigenvalue weighted by Crippen LogP contribution is 2.23. The highest BCUT2D eigenvalue weighted by molar-refractivity contribution is 5.78. The van der Waals surface area contributed by atoms with Crippen molar-refractivity contribution in [2.24, 2.45) is 0 Å². The lowest BCUT2D eigenvalue weighted by atomic mass is 10.1. The van der Waals surface area contributed by atoms with Gasteiger partial charge in [-0.1, -0.05) is 6.92 Å². The third kappa shape index (κ3) is 6.30. The van der Waals surface area contributed by atoms with Crippen LogP contribution in [0, 0.1) is 0 Å². The van der Waals surface area contributed by atoms with Gasteiger partial charge in [-0.3, -0.25) is 9.36 Å². The van der Waals surface area contributed by atoms with Crippen molar-refractivity contribution in [3.05, 3.63) is 59.4 Å². The van der Waals surface area contributed by atoms with Crippen molar-refractivity contribution < 1.29 is 9.47 Å². The van der Waals surface area contributed by atoms with Gasteiger partial charge in [0.25, 0.3) is 5.56 Å². The fraction of sp³-hybridized carbons (Fsp3) is 0.360. The van der Waals surface area contributed by atoms with Gasteiger partial charge in [0.1, 0.15) is 0 Å². The molecule has 188 valence electrons. The van der Waals surface area contributed by atoms with Gasteiger partial charge in [-0.05, 0) is 31.0 Å². The number of ether oxygens (including phenoxy) is 2. The molecule has 4 rings (SSSR count). The van der Waals surface area contributed by atoms with Crippen LogP contribution in [0.1, 0.15) is 19.8 Å². The second-order valence-electron chi connectivity index (χ2n) is 7.97. The fourth-order valence-corrected chi connectivity index (χ4v) is 3.58. The molecule has 0 radical (unpaired) electrons. The monoisotopic (exact) mass is 490 g/mol. The Labute approximate surface area is 209 Å². The van der Waals surface area contributed by atoms with Gasteiger partial charge in [-0.25, -0.2) is 24.9 Å². The van der Waals surface area contributed by atoms with Gasteiger partial charge in [-0.15, -0.1) is 0 Å². The number of hydrogen-bond acceptors (Lipinski definition) is 10. The maximum absolute atomic E-state index is 13.4. The lowest BCUT2D eigenvalue weighted by Crippen LogP contribution is -2.28. The summed E-state index contributed by atoms with van der Waals surface area (Å²) in [5.41, 5.74) is 2.60. The minimum Gasteiger partial charge on any atom is -0.481 e. The Kier molecular flexibility index (Phi) is 8.71. The number of pyridine rings is 2. The third-order valence-corrected chi connectivity index (χ3v) is 5.38. The largest absolute Gasteiger partial charge is 0.481 e. The molecule has 0 aliphatic heterocycles. The van der Waals surface area contributed by atoms with E-state index in [1.165, 1.54) is 0 Å². The number of anilines is 2. The van der Waals surface area contributed by atoms with E-state index in [4.69, 9.17) is 9.47 Å². The minimum atomic E-state index is -0.214. The van der Waals surface area contributed by atoms with E-state index in [0.717, 1.165) is 24.0 Å². The number of methoxy groups -OCH3 is 1. The first-order chi connectivity index (χ1) is 17.7. The Hall–Kier alpha value is -4.12. The maximum atomic E-state index is 13.4. The van der Waals surface area contributed by atoms with Gasteiger partial charge in [0.05, 0.1) is 19.2 Å². The van der Waals surface area contributed by atoms with E-state index in [-0.39, 0.29) is 11.4 Å². The van der Waals surface area contributed by atoms with Gasteiger partial charge < -0.3 is 20.1 Å². The summed E-state index contributed by atoms with van der Waals surface area (Å²) < 4.78 is 12.5. The lowest BCUT2D eigenvalue weighted by Gasteiger charge is -2.14. The summed E-state index contributed by atoms with van der Waals surface area (Å²) in [5, 5.41) is 6.31. The van der Waals surface area contributed by atoms with Crippen LogP contribution in [0.4, 0.5) is 11.8 Å². The van der Waals surface area contributed by atoms with E-state index in [1.807, 2.05) is 19.1 Å². The molecule has 0 aliphatic carbocycles. The van der Waals surface area contributed by atoms with Crippen molar-refractivity contribution >= 4 is 22.9 Å². The van der Waals surface area contributed by atoms with Crippen molar-refractivity contribution in [3.8, 4) is 17.0 Å². The summed E-state index contributed by atoms with van der Waals surface area (Å²) in [6.45, 7) is 4.71. The van der Waals surface area contributed by atoms with Crippen LogP contribution < -0.4 is 20.9 Å². The molecule has 0 bridgehead atoms. The maximum Gasteiger partial charge on any atom is 0.293 e. The second-order valence-corrected chi connectivity index (χ2v) is 7.97. The van der Waals surface area contributed by atoms with E-state index < -0.39 is 0 Å². The molecule has 0 aliphatic rings. The van der Waals surface area contributed by atoms with Gasteiger partial charge in [0.15, 0.2) is 11.5 Å². The molecule has 0 saturated carbocycles. The molecule has 11 nitrogen and oxygen atoms in total. The SMILES string of the molecule is CCCOCCn1c(=O)c(NCCCNc2ncccn2)nc2ncc(-c3ccc(OC)nc3)cc21. The molecule has 4 heterocycles. The summed E-state index contributed by atoms with van der Waals surface area (Å²) in [4.78, 5) is 35.0. The Morgan fingerprint density at radius 2 is 1.78 bits per heavy atom. The van der Waals surface area contributed by atoms with E-state index in [0.29, 0.717) is 55.8 Å². The van der Waals surface area contributed by atoms with E-state index in [2.05, 4.69) is 35.6 Å². The number of aromatic nitrogens is 6. The van der Waals surface area contributed by atoms with Crippen molar-refractivity contribution in [1.82, 2.24) is 29.5 Å². The minimum absolute atomic E-state index is 0.214. The Balaban J connectivity index is 1.54. The van der Waals surface area contributed by atoms with Gasteiger partial charge >= 0.3 is 0 Å². The van der Waals surface area contributed by atoms with Crippen LogP contribution in [0.5, 0.6) is 5.88 Å². The second kappa shape index (κ2) is 12.5. The average molecular weight is 491 g/mol. The smallest absolute Gasteiger partial charge is 0.293 e. The van der Waals surface area contributed by atoms with Crippen LogP contribution in [0.15, 0.2) is 53.8 Å². The van der Waals surface area contributed by atoms with E-state index in [9.17, 15) is 4.79 Å². The first-order valence-electron chi connectivity index (χ1n) is 11.9. The predicted octanol–water partition coefficient (Wildman–Crippen LogP) is 2.99. The molecule has 4 aromatic rings. The van der Waals surface area contributed by atoms with Crippen LogP contribution in [0.2, 0.25) is 0 Å². The molecule has 36 heavy (non-hydrogen) atoms.